The van der Waals surface area contributed by atoms with E-state index in [1.807, 2.05) is 6.92 Å². The highest BCUT2D eigenvalue weighted by molar-refractivity contribution is 5.75. The molecular weight excluding hydrogens is 410 g/mol. The molecule has 1 spiro atoms. The lowest BCUT2D eigenvalue weighted by molar-refractivity contribution is -0.172. The first-order chi connectivity index (χ1) is 15.2. The van der Waals surface area contributed by atoms with Gasteiger partial charge < -0.3 is 29.7 Å². The Kier molecular flexibility index (Phi) is 6.60. The third kappa shape index (κ3) is 3.48. The quantitative estimate of drug-likeness (QED) is 0.445. The summed E-state index contributed by atoms with van der Waals surface area (Å²) in [6.45, 7) is 10.6. The Labute approximate surface area is 191 Å². The van der Waals surface area contributed by atoms with Crippen molar-refractivity contribution in [2.24, 2.45) is 29.6 Å². The smallest absolute Gasteiger partial charge is 0.335 e. The Morgan fingerprint density at radius 2 is 2.06 bits per heavy atom. The SMILES string of the molecule is CCN[C@H]1[C@H](C)[C@@H](O)[C@@H]2[C@H]3C=C[C@@H]4C[C@H](OC)C(=O)O[C@H]([C@@H](C)O)[C@H](C)C=C(C)[C@@]24O[C@H]31. The average Bonchev–Trinajstić information content (AvgIpc) is 2.94. The molecule has 2 heterocycles. The molecule has 0 aromatic heterocycles. The highest BCUT2D eigenvalue weighted by Gasteiger charge is 2.68. The zero-order chi connectivity index (χ0) is 23.4. The van der Waals surface area contributed by atoms with Crippen LogP contribution in [0.1, 0.15) is 41.0 Å². The van der Waals surface area contributed by atoms with Gasteiger partial charge in [0.2, 0.25) is 0 Å². The summed E-state index contributed by atoms with van der Waals surface area (Å²) in [5, 5.41) is 25.4. The standard InChI is InChI=1S/C25H39NO6/c1-7-26-20-14(4)21(28)19-17-9-8-16-11-18(30-6)24(29)31-22(15(5)27)12(2)10-13(3)25(16,19)32-23(17)20/h8-10,12,14-23,26-28H,7,11H2,1-6H3/t12-,14+,15-,16-,17-,18+,19+,20+,21-,22+,23-,25+/m1/s1. The lowest BCUT2D eigenvalue weighted by atomic mass is 9.57. The van der Waals surface area contributed by atoms with Crippen LogP contribution in [0.5, 0.6) is 0 Å². The van der Waals surface area contributed by atoms with Crippen molar-refractivity contribution in [2.75, 3.05) is 13.7 Å². The topological polar surface area (TPSA) is 97.2 Å². The number of ether oxygens (including phenoxy) is 3. The van der Waals surface area contributed by atoms with E-state index in [2.05, 4.69) is 44.3 Å². The number of aliphatic hydroxyl groups excluding tert-OH is 2. The van der Waals surface area contributed by atoms with Crippen molar-refractivity contribution in [2.45, 2.75) is 83.2 Å². The fourth-order valence-corrected chi connectivity index (χ4v) is 6.91. The number of rotatable bonds is 4. The fourth-order valence-electron chi connectivity index (χ4n) is 6.91. The van der Waals surface area contributed by atoms with Crippen LogP contribution < -0.4 is 5.32 Å². The zero-order valence-electron chi connectivity index (χ0n) is 20.0. The van der Waals surface area contributed by atoms with Gasteiger partial charge in [-0.1, -0.05) is 39.0 Å². The fraction of sp³-hybridized carbons (Fsp3) is 0.800. The van der Waals surface area contributed by atoms with Crippen molar-refractivity contribution in [3.05, 3.63) is 23.8 Å². The van der Waals surface area contributed by atoms with Gasteiger partial charge >= 0.3 is 5.97 Å². The van der Waals surface area contributed by atoms with Gasteiger partial charge in [0.25, 0.3) is 0 Å². The number of cyclic esters (lactones) is 1. The molecule has 180 valence electrons. The van der Waals surface area contributed by atoms with Crippen LogP contribution >= 0.6 is 0 Å². The predicted molar refractivity (Wildman–Crippen MR) is 120 cm³/mol. The first kappa shape index (κ1) is 23.9. The highest BCUT2D eigenvalue weighted by atomic mass is 16.6. The second-order valence-electron chi connectivity index (χ2n) is 10.2. The molecule has 4 bridgehead atoms. The van der Waals surface area contributed by atoms with Crippen LogP contribution in [0, 0.1) is 29.6 Å². The first-order valence-electron chi connectivity index (χ1n) is 12.0. The maximum absolute atomic E-state index is 13.0. The van der Waals surface area contributed by atoms with Crippen LogP contribution in [0.3, 0.4) is 0 Å². The number of esters is 1. The van der Waals surface area contributed by atoms with Crippen molar-refractivity contribution < 1.29 is 29.2 Å². The lowest BCUT2D eigenvalue weighted by Crippen LogP contribution is -2.59. The number of hydrogen-bond donors (Lipinski definition) is 3. The Morgan fingerprint density at radius 1 is 1.34 bits per heavy atom. The minimum absolute atomic E-state index is 0.0433. The van der Waals surface area contributed by atoms with Gasteiger partial charge in [0.05, 0.1) is 18.3 Å². The molecule has 0 radical (unpaired) electrons. The van der Waals surface area contributed by atoms with Gasteiger partial charge in [-0.15, -0.1) is 0 Å². The molecule has 2 aliphatic heterocycles. The number of nitrogens with one attached hydrogen (secondary N) is 1. The van der Waals surface area contributed by atoms with Gasteiger partial charge in [-0.3, -0.25) is 0 Å². The number of likely N-dealkylation sites (N-methyl/N-ethyl adjacent to an activating group) is 1. The molecular formula is C25H39NO6. The molecule has 32 heavy (non-hydrogen) atoms. The van der Waals surface area contributed by atoms with Gasteiger partial charge in [-0.25, -0.2) is 4.79 Å². The van der Waals surface area contributed by atoms with Crippen molar-refractivity contribution in [1.82, 2.24) is 5.32 Å². The van der Waals surface area contributed by atoms with Crippen LogP contribution in [0.15, 0.2) is 23.8 Å². The molecule has 7 nitrogen and oxygen atoms in total. The molecule has 0 aromatic carbocycles. The van der Waals surface area contributed by atoms with Crippen LogP contribution in [0.2, 0.25) is 0 Å². The molecule has 2 fully saturated rings. The predicted octanol–water partition coefficient (Wildman–Crippen LogP) is 1.82. The number of carbonyl (C=O) groups excluding carboxylic acids is 1. The van der Waals surface area contributed by atoms with Gasteiger partial charge in [0.1, 0.15) is 11.7 Å². The maximum Gasteiger partial charge on any atom is 0.335 e. The second kappa shape index (κ2) is 8.84. The van der Waals surface area contributed by atoms with Gasteiger partial charge in [0.15, 0.2) is 6.10 Å². The second-order valence-corrected chi connectivity index (χ2v) is 10.2. The van der Waals surface area contributed by atoms with Crippen LogP contribution in [-0.2, 0) is 19.0 Å². The molecule has 7 heteroatoms. The summed E-state index contributed by atoms with van der Waals surface area (Å²) < 4.78 is 18.3. The Morgan fingerprint density at radius 3 is 2.69 bits per heavy atom. The Bertz CT molecular complexity index is 780. The molecule has 0 amide bonds. The molecule has 3 N–H and O–H groups in total. The average molecular weight is 450 g/mol. The van der Waals surface area contributed by atoms with E-state index in [1.165, 1.54) is 7.11 Å². The van der Waals surface area contributed by atoms with E-state index in [1.54, 1.807) is 6.92 Å². The minimum Gasteiger partial charge on any atom is -0.457 e. The zero-order valence-corrected chi connectivity index (χ0v) is 20.0. The lowest BCUT2D eigenvalue weighted by Gasteiger charge is -2.49. The van der Waals surface area contributed by atoms with E-state index in [9.17, 15) is 15.0 Å². The van der Waals surface area contributed by atoms with Crippen molar-refractivity contribution >= 4 is 5.97 Å². The van der Waals surface area contributed by atoms with E-state index in [0.717, 1.165) is 12.1 Å². The largest absolute Gasteiger partial charge is 0.457 e. The summed E-state index contributed by atoms with van der Waals surface area (Å²) in [5.74, 6) is -0.791. The van der Waals surface area contributed by atoms with Crippen LogP contribution in [0.4, 0.5) is 0 Å². The summed E-state index contributed by atoms with van der Waals surface area (Å²) in [6.07, 6.45) is 3.92. The number of methoxy groups -OCH3 is 1. The number of carbonyl (C=O) groups is 1. The van der Waals surface area contributed by atoms with E-state index in [4.69, 9.17) is 14.2 Å². The summed E-state index contributed by atoms with van der Waals surface area (Å²) in [5.41, 5.74) is 0.298. The normalized spacial score (nSPS) is 49.1. The molecule has 2 aliphatic carbocycles. The summed E-state index contributed by atoms with van der Waals surface area (Å²) in [7, 11) is 1.51. The van der Waals surface area contributed by atoms with Crippen molar-refractivity contribution in [3.63, 3.8) is 0 Å². The third-order valence-electron chi connectivity index (χ3n) is 8.39. The first-order valence-corrected chi connectivity index (χ1v) is 12.0. The van der Waals surface area contributed by atoms with Crippen LogP contribution in [0.25, 0.3) is 0 Å². The van der Waals surface area contributed by atoms with E-state index < -0.39 is 36.0 Å². The summed E-state index contributed by atoms with van der Waals surface area (Å²) >= 11 is 0. The van der Waals surface area contributed by atoms with Gasteiger partial charge in [-0.05, 0) is 32.4 Å². The molecule has 1 saturated carbocycles. The van der Waals surface area contributed by atoms with Gasteiger partial charge in [0, 0.05) is 42.7 Å². The molecule has 4 aliphatic rings. The molecule has 4 rings (SSSR count). The van der Waals surface area contributed by atoms with E-state index in [-0.39, 0.29) is 41.7 Å². The summed E-state index contributed by atoms with van der Waals surface area (Å²) in [4.78, 5) is 13.0. The maximum atomic E-state index is 13.0. The summed E-state index contributed by atoms with van der Waals surface area (Å²) in [6, 6.07) is 0.0491. The van der Waals surface area contributed by atoms with E-state index >= 15 is 0 Å². The van der Waals surface area contributed by atoms with E-state index in [0.29, 0.717) is 6.42 Å². The number of aliphatic hydroxyl groups is 2. The third-order valence-corrected chi connectivity index (χ3v) is 8.39. The highest BCUT2D eigenvalue weighted by Crippen LogP contribution is 2.60. The molecule has 0 aromatic rings. The Balaban J connectivity index is 1.85. The number of hydrogen-bond acceptors (Lipinski definition) is 7. The van der Waals surface area contributed by atoms with Crippen molar-refractivity contribution in [1.29, 1.82) is 0 Å². The monoisotopic (exact) mass is 449 g/mol. The molecule has 0 unspecified atom stereocenters. The molecule has 12 atom stereocenters. The van der Waals surface area contributed by atoms with Gasteiger partial charge in [-0.2, -0.15) is 0 Å². The minimum atomic E-state index is -0.824. The Hall–Kier alpha value is -1.25. The van der Waals surface area contributed by atoms with Crippen LogP contribution in [-0.4, -0.2) is 72.0 Å². The van der Waals surface area contributed by atoms with Crippen molar-refractivity contribution in [3.8, 4) is 0 Å². The molecule has 1 saturated heterocycles.